The molecule has 128 valence electrons. The van der Waals surface area contributed by atoms with Gasteiger partial charge in [-0.15, -0.1) is 0 Å². The monoisotopic (exact) mass is 319 g/mol. The van der Waals surface area contributed by atoms with E-state index in [1.165, 1.54) is 5.56 Å². The molecule has 0 radical (unpaired) electrons. The van der Waals surface area contributed by atoms with Gasteiger partial charge in [0.15, 0.2) is 0 Å². The number of hydrogen-bond donors (Lipinski definition) is 0. The number of piperazine rings is 1. The molecule has 2 rings (SSSR count). The minimum atomic E-state index is 0.336. The van der Waals surface area contributed by atoms with Crippen molar-refractivity contribution in [1.29, 1.82) is 0 Å². The molecule has 1 aromatic heterocycles. The first-order chi connectivity index (χ1) is 11.1. The van der Waals surface area contributed by atoms with E-state index in [2.05, 4.69) is 39.8 Å². The largest absolute Gasteiger partial charge is 0.481 e. The van der Waals surface area contributed by atoms with Gasteiger partial charge in [-0.3, -0.25) is 14.8 Å². The second kappa shape index (κ2) is 8.84. The molecule has 1 aliphatic heterocycles. The lowest BCUT2D eigenvalue weighted by Crippen LogP contribution is -2.52. The predicted octanol–water partition coefficient (Wildman–Crippen LogP) is 1.88. The standard InChI is InChI=1S/C17H29N5O/c1-5-8-19-20(3)15(2)22-11-9-21(10-12-22)14-16-6-7-17(23-4)18-13-16/h6-8,13,15H,5,9-12,14H2,1-4H3/b19-8-. The molecule has 1 aliphatic rings. The maximum Gasteiger partial charge on any atom is 0.212 e. The Labute approximate surface area is 139 Å². The van der Waals surface area contributed by atoms with Crippen LogP contribution in [0.1, 0.15) is 25.8 Å². The van der Waals surface area contributed by atoms with Crippen LogP contribution >= 0.6 is 0 Å². The molecule has 0 amide bonds. The molecule has 0 aliphatic carbocycles. The minimum Gasteiger partial charge on any atom is -0.481 e. The van der Waals surface area contributed by atoms with E-state index in [0.717, 1.165) is 39.1 Å². The van der Waals surface area contributed by atoms with Gasteiger partial charge in [0.05, 0.1) is 13.3 Å². The van der Waals surface area contributed by atoms with Crippen molar-refractivity contribution in [3.8, 4) is 5.88 Å². The lowest BCUT2D eigenvalue weighted by atomic mass is 10.2. The van der Waals surface area contributed by atoms with Crippen LogP contribution in [0.5, 0.6) is 5.88 Å². The predicted molar refractivity (Wildman–Crippen MR) is 93.6 cm³/mol. The normalized spacial score (nSPS) is 18.3. The van der Waals surface area contributed by atoms with Gasteiger partial charge >= 0.3 is 0 Å². The Morgan fingerprint density at radius 1 is 1.35 bits per heavy atom. The molecule has 0 N–H and O–H groups in total. The molecule has 0 aromatic carbocycles. The summed E-state index contributed by atoms with van der Waals surface area (Å²) in [5.41, 5.74) is 1.23. The van der Waals surface area contributed by atoms with Crippen LogP contribution in [0.4, 0.5) is 0 Å². The van der Waals surface area contributed by atoms with Gasteiger partial charge in [-0.1, -0.05) is 13.0 Å². The van der Waals surface area contributed by atoms with Crippen molar-refractivity contribution < 1.29 is 4.74 Å². The molecule has 6 heteroatoms. The first-order valence-electron chi connectivity index (χ1n) is 8.34. The van der Waals surface area contributed by atoms with Gasteiger partial charge in [-0.2, -0.15) is 5.10 Å². The summed E-state index contributed by atoms with van der Waals surface area (Å²) < 4.78 is 5.10. The van der Waals surface area contributed by atoms with E-state index < -0.39 is 0 Å². The van der Waals surface area contributed by atoms with Crippen LogP contribution in [-0.4, -0.2) is 72.5 Å². The fourth-order valence-electron chi connectivity index (χ4n) is 2.72. The van der Waals surface area contributed by atoms with Crippen molar-refractivity contribution in [2.75, 3.05) is 40.3 Å². The first-order valence-corrected chi connectivity index (χ1v) is 8.34. The lowest BCUT2D eigenvalue weighted by molar-refractivity contribution is 0.0295. The second-order valence-corrected chi connectivity index (χ2v) is 5.93. The molecule has 1 unspecified atom stereocenters. The Bertz CT molecular complexity index is 482. The van der Waals surface area contributed by atoms with Crippen molar-refractivity contribution >= 4 is 6.21 Å². The van der Waals surface area contributed by atoms with Crippen LogP contribution in [0.25, 0.3) is 0 Å². The number of methoxy groups -OCH3 is 1. The summed E-state index contributed by atoms with van der Waals surface area (Å²) >= 11 is 0. The van der Waals surface area contributed by atoms with Crippen LogP contribution in [0.15, 0.2) is 23.4 Å². The number of hydrazone groups is 1. The summed E-state index contributed by atoms with van der Waals surface area (Å²) in [4.78, 5) is 9.23. The van der Waals surface area contributed by atoms with Crippen molar-refractivity contribution in [3.63, 3.8) is 0 Å². The average molecular weight is 319 g/mol. The van der Waals surface area contributed by atoms with E-state index >= 15 is 0 Å². The molecule has 1 saturated heterocycles. The fourth-order valence-corrected chi connectivity index (χ4v) is 2.72. The number of nitrogens with zero attached hydrogens (tertiary/aromatic N) is 5. The van der Waals surface area contributed by atoms with E-state index in [4.69, 9.17) is 4.74 Å². The van der Waals surface area contributed by atoms with Gasteiger partial charge in [-0.25, -0.2) is 4.98 Å². The molecule has 2 heterocycles. The summed E-state index contributed by atoms with van der Waals surface area (Å²) in [6.45, 7) is 9.55. The van der Waals surface area contributed by atoms with Gasteiger partial charge in [0, 0.05) is 58.2 Å². The minimum absolute atomic E-state index is 0.336. The van der Waals surface area contributed by atoms with E-state index in [0.29, 0.717) is 12.0 Å². The summed E-state index contributed by atoms with van der Waals surface area (Å²) in [6.07, 6.45) is 5.17. The molecule has 0 spiro atoms. The Morgan fingerprint density at radius 2 is 2.09 bits per heavy atom. The van der Waals surface area contributed by atoms with Crippen LogP contribution < -0.4 is 4.74 Å². The molecule has 23 heavy (non-hydrogen) atoms. The van der Waals surface area contributed by atoms with Crippen LogP contribution in [-0.2, 0) is 6.54 Å². The van der Waals surface area contributed by atoms with Gasteiger partial charge in [0.25, 0.3) is 0 Å². The lowest BCUT2D eigenvalue weighted by Gasteiger charge is -2.40. The maximum atomic E-state index is 5.10. The maximum absolute atomic E-state index is 5.10. The average Bonchev–Trinajstić information content (AvgIpc) is 2.60. The highest BCUT2D eigenvalue weighted by atomic mass is 16.5. The van der Waals surface area contributed by atoms with Gasteiger partial charge in [-0.05, 0) is 18.9 Å². The van der Waals surface area contributed by atoms with Crippen molar-refractivity contribution in [2.24, 2.45) is 5.10 Å². The number of ether oxygens (including phenoxy) is 1. The number of hydrogen-bond acceptors (Lipinski definition) is 6. The van der Waals surface area contributed by atoms with Gasteiger partial charge < -0.3 is 4.74 Å². The SMILES string of the molecule is CC/C=N\N(C)C(C)N1CCN(Cc2ccc(OC)nc2)CC1. The molecule has 1 aromatic rings. The summed E-state index contributed by atoms with van der Waals surface area (Å²) in [5, 5.41) is 6.50. The molecular weight excluding hydrogens is 290 g/mol. The van der Waals surface area contributed by atoms with Crippen LogP contribution in [0.3, 0.4) is 0 Å². The molecule has 1 fully saturated rings. The quantitative estimate of drug-likeness (QED) is 0.567. The third-order valence-electron chi connectivity index (χ3n) is 4.34. The van der Waals surface area contributed by atoms with Crippen molar-refractivity contribution in [1.82, 2.24) is 19.8 Å². The molecule has 0 bridgehead atoms. The highest BCUT2D eigenvalue weighted by Gasteiger charge is 2.23. The Hall–Kier alpha value is -1.66. The van der Waals surface area contributed by atoms with Crippen molar-refractivity contribution in [2.45, 2.75) is 33.0 Å². The zero-order valence-electron chi connectivity index (χ0n) is 14.8. The zero-order valence-corrected chi connectivity index (χ0v) is 14.8. The summed E-state index contributed by atoms with van der Waals surface area (Å²) in [7, 11) is 3.69. The third-order valence-corrected chi connectivity index (χ3v) is 4.34. The zero-order chi connectivity index (χ0) is 16.7. The molecule has 6 nitrogen and oxygen atoms in total. The van der Waals surface area contributed by atoms with E-state index in [1.54, 1.807) is 7.11 Å². The van der Waals surface area contributed by atoms with Gasteiger partial charge in [0.2, 0.25) is 5.88 Å². The van der Waals surface area contributed by atoms with Crippen LogP contribution in [0, 0.1) is 0 Å². The first kappa shape index (κ1) is 17.7. The van der Waals surface area contributed by atoms with Crippen LogP contribution in [0.2, 0.25) is 0 Å². The summed E-state index contributed by atoms with van der Waals surface area (Å²) in [6, 6.07) is 4.02. The smallest absolute Gasteiger partial charge is 0.212 e. The Kier molecular flexibility index (Phi) is 6.80. The fraction of sp³-hybridized carbons (Fsp3) is 0.647. The van der Waals surface area contributed by atoms with E-state index in [1.807, 2.05) is 30.5 Å². The number of rotatable bonds is 7. The van der Waals surface area contributed by atoms with Gasteiger partial charge in [0.1, 0.15) is 0 Å². The number of pyridine rings is 1. The van der Waals surface area contributed by atoms with E-state index in [-0.39, 0.29) is 0 Å². The Morgan fingerprint density at radius 3 is 2.65 bits per heavy atom. The molecule has 1 atom stereocenters. The highest BCUT2D eigenvalue weighted by molar-refractivity contribution is 5.56. The summed E-state index contributed by atoms with van der Waals surface area (Å²) in [5.74, 6) is 0.670. The Balaban J connectivity index is 1.79. The van der Waals surface area contributed by atoms with Crippen molar-refractivity contribution in [3.05, 3.63) is 23.9 Å². The number of aromatic nitrogens is 1. The molecular formula is C17H29N5O. The second-order valence-electron chi connectivity index (χ2n) is 5.93. The van der Waals surface area contributed by atoms with E-state index in [9.17, 15) is 0 Å². The third kappa shape index (κ3) is 5.18. The topological polar surface area (TPSA) is 44.2 Å². The molecule has 0 saturated carbocycles. The highest BCUT2D eigenvalue weighted by Crippen LogP contribution is 2.13.